The van der Waals surface area contributed by atoms with Gasteiger partial charge in [-0.1, -0.05) is 17.7 Å². The van der Waals surface area contributed by atoms with Gasteiger partial charge in [0.25, 0.3) is 0 Å². The Hall–Kier alpha value is -1.26. The summed E-state index contributed by atoms with van der Waals surface area (Å²) in [5, 5.41) is 0.510. The first-order chi connectivity index (χ1) is 7.54. The first-order valence-electron chi connectivity index (χ1n) is 5.00. The Kier molecular flexibility index (Phi) is 4.58. The summed E-state index contributed by atoms with van der Waals surface area (Å²) in [4.78, 5) is 10.8. The maximum absolute atomic E-state index is 10.8. The first-order valence-corrected chi connectivity index (χ1v) is 5.38. The monoisotopic (exact) mass is 242 g/mol. The number of carbonyl (C=O) groups excluding carboxylic acids is 1. The molecule has 0 fully saturated rings. The van der Waals surface area contributed by atoms with Crippen LogP contribution in [0.2, 0.25) is 5.02 Å². The van der Waals surface area contributed by atoms with E-state index in [9.17, 15) is 4.79 Å². The average molecular weight is 243 g/mol. The Labute approximate surface area is 99.5 Å². The third kappa shape index (κ3) is 3.40. The molecule has 4 nitrogen and oxygen atoms in total. The Morgan fingerprint density at radius 3 is 2.75 bits per heavy atom. The summed E-state index contributed by atoms with van der Waals surface area (Å²) in [6, 6.07) is 4.62. The van der Waals surface area contributed by atoms with Crippen LogP contribution in [0.25, 0.3) is 0 Å². The van der Waals surface area contributed by atoms with Crippen LogP contribution in [0, 0.1) is 0 Å². The molecule has 1 rings (SSSR count). The van der Waals surface area contributed by atoms with E-state index in [1.807, 2.05) is 13.0 Å². The molecule has 0 aliphatic rings. The second-order valence-corrected chi connectivity index (χ2v) is 3.82. The number of amides is 1. The van der Waals surface area contributed by atoms with Gasteiger partial charge < -0.3 is 16.2 Å². The maximum atomic E-state index is 10.8. The van der Waals surface area contributed by atoms with Crippen molar-refractivity contribution in [3.63, 3.8) is 0 Å². The van der Waals surface area contributed by atoms with Gasteiger partial charge in [-0.25, -0.2) is 0 Å². The molecule has 0 saturated carbocycles. The molecular weight excluding hydrogens is 228 g/mol. The molecule has 5 heteroatoms. The number of carbonyl (C=O) groups is 1. The molecule has 1 aromatic carbocycles. The SMILES string of the molecule is CCOc1ccc(CC(N)C(N)=O)cc1Cl. The predicted molar refractivity (Wildman–Crippen MR) is 63.5 cm³/mol. The molecule has 0 aliphatic carbocycles. The summed E-state index contributed by atoms with van der Waals surface area (Å²) >= 11 is 5.99. The van der Waals surface area contributed by atoms with Crippen molar-refractivity contribution in [1.82, 2.24) is 0 Å². The van der Waals surface area contributed by atoms with Gasteiger partial charge in [0.1, 0.15) is 5.75 Å². The Bertz CT molecular complexity index is 382. The van der Waals surface area contributed by atoms with Gasteiger partial charge in [-0.3, -0.25) is 4.79 Å². The molecule has 0 saturated heterocycles. The lowest BCUT2D eigenvalue weighted by atomic mass is 10.1. The van der Waals surface area contributed by atoms with Gasteiger partial charge in [-0.2, -0.15) is 0 Å². The quantitative estimate of drug-likeness (QED) is 0.812. The lowest BCUT2D eigenvalue weighted by Gasteiger charge is -2.10. The number of benzene rings is 1. The normalized spacial score (nSPS) is 12.2. The van der Waals surface area contributed by atoms with E-state index < -0.39 is 11.9 Å². The second kappa shape index (κ2) is 5.72. The van der Waals surface area contributed by atoms with Gasteiger partial charge in [0.2, 0.25) is 5.91 Å². The van der Waals surface area contributed by atoms with E-state index in [-0.39, 0.29) is 0 Å². The Balaban J connectivity index is 2.77. The molecule has 0 aliphatic heterocycles. The van der Waals surface area contributed by atoms with E-state index in [4.69, 9.17) is 27.8 Å². The van der Waals surface area contributed by atoms with Crippen LogP contribution in [0.3, 0.4) is 0 Å². The number of hydrogen-bond acceptors (Lipinski definition) is 3. The highest BCUT2D eigenvalue weighted by atomic mass is 35.5. The van der Waals surface area contributed by atoms with Gasteiger partial charge in [0.05, 0.1) is 17.7 Å². The Morgan fingerprint density at radius 2 is 2.25 bits per heavy atom. The van der Waals surface area contributed by atoms with E-state index in [1.165, 1.54) is 0 Å². The summed E-state index contributed by atoms with van der Waals surface area (Å²) < 4.78 is 5.29. The van der Waals surface area contributed by atoms with Crippen LogP contribution in [0.4, 0.5) is 0 Å². The first kappa shape index (κ1) is 12.8. The standard InChI is InChI=1S/C11H15ClN2O2/c1-2-16-10-4-3-7(5-8(10)12)6-9(13)11(14)15/h3-5,9H,2,6,13H2,1H3,(H2,14,15). The molecule has 1 amide bonds. The van der Waals surface area contributed by atoms with E-state index in [0.29, 0.717) is 23.8 Å². The van der Waals surface area contributed by atoms with Gasteiger partial charge >= 0.3 is 0 Å². The Morgan fingerprint density at radius 1 is 1.56 bits per heavy atom. The zero-order valence-electron chi connectivity index (χ0n) is 9.07. The van der Waals surface area contributed by atoms with Crippen LogP contribution in [-0.2, 0) is 11.2 Å². The lowest BCUT2D eigenvalue weighted by Crippen LogP contribution is -2.38. The van der Waals surface area contributed by atoms with Gasteiger partial charge in [0, 0.05) is 0 Å². The maximum Gasteiger partial charge on any atom is 0.234 e. The lowest BCUT2D eigenvalue weighted by molar-refractivity contribution is -0.119. The number of hydrogen-bond donors (Lipinski definition) is 2. The largest absolute Gasteiger partial charge is 0.492 e. The highest BCUT2D eigenvalue weighted by molar-refractivity contribution is 6.32. The minimum atomic E-state index is -0.686. The average Bonchev–Trinajstić information content (AvgIpc) is 2.22. The van der Waals surface area contributed by atoms with Crippen molar-refractivity contribution >= 4 is 17.5 Å². The third-order valence-corrected chi connectivity index (χ3v) is 2.41. The summed E-state index contributed by atoms with van der Waals surface area (Å²) in [7, 11) is 0. The van der Waals surface area contributed by atoms with Gasteiger partial charge in [-0.05, 0) is 31.0 Å². The van der Waals surface area contributed by atoms with Crippen molar-refractivity contribution in [1.29, 1.82) is 0 Å². The topological polar surface area (TPSA) is 78.3 Å². The van der Waals surface area contributed by atoms with Gasteiger partial charge in [-0.15, -0.1) is 0 Å². The molecule has 0 heterocycles. The van der Waals surface area contributed by atoms with Crippen LogP contribution in [0.15, 0.2) is 18.2 Å². The molecule has 0 bridgehead atoms. The highest BCUT2D eigenvalue weighted by Crippen LogP contribution is 2.25. The number of ether oxygens (including phenoxy) is 1. The van der Waals surface area contributed by atoms with Crippen molar-refractivity contribution in [2.24, 2.45) is 11.5 Å². The van der Waals surface area contributed by atoms with Crippen LogP contribution in [0.1, 0.15) is 12.5 Å². The molecule has 16 heavy (non-hydrogen) atoms. The summed E-state index contributed by atoms with van der Waals surface area (Å²) in [6.07, 6.45) is 0.376. The fraction of sp³-hybridized carbons (Fsp3) is 0.364. The molecule has 1 unspecified atom stereocenters. The molecule has 0 radical (unpaired) electrons. The van der Waals surface area contributed by atoms with E-state index in [0.717, 1.165) is 5.56 Å². The van der Waals surface area contributed by atoms with Crippen molar-refractivity contribution in [3.8, 4) is 5.75 Å². The number of rotatable bonds is 5. The molecule has 0 aromatic heterocycles. The molecule has 4 N–H and O–H groups in total. The fourth-order valence-corrected chi connectivity index (χ4v) is 1.56. The molecular formula is C11H15ClN2O2. The number of nitrogens with two attached hydrogens (primary N) is 2. The molecule has 0 spiro atoms. The highest BCUT2D eigenvalue weighted by Gasteiger charge is 2.11. The van der Waals surface area contributed by atoms with Gasteiger partial charge in [0.15, 0.2) is 0 Å². The zero-order valence-corrected chi connectivity index (χ0v) is 9.83. The van der Waals surface area contributed by atoms with Crippen LogP contribution in [0.5, 0.6) is 5.75 Å². The zero-order chi connectivity index (χ0) is 12.1. The smallest absolute Gasteiger partial charge is 0.234 e. The third-order valence-electron chi connectivity index (χ3n) is 2.12. The van der Waals surface area contributed by atoms with Crippen molar-refractivity contribution in [2.75, 3.05) is 6.61 Å². The molecule has 88 valence electrons. The van der Waals surface area contributed by atoms with Crippen molar-refractivity contribution < 1.29 is 9.53 Å². The minimum Gasteiger partial charge on any atom is -0.492 e. The van der Waals surface area contributed by atoms with Crippen LogP contribution in [-0.4, -0.2) is 18.6 Å². The fourth-order valence-electron chi connectivity index (χ4n) is 1.30. The molecule has 1 aromatic rings. The minimum absolute atomic E-state index is 0.376. The van der Waals surface area contributed by atoms with Crippen LogP contribution >= 0.6 is 11.6 Å². The van der Waals surface area contributed by atoms with E-state index >= 15 is 0 Å². The number of halogens is 1. The number of primary amides is 1. The molecule has 1 atom stereocenters. The summed E-state index contributed by atoms with van der Waals surface area (Å²) in [5.41, 5.74) is 11.5. The summed E-state index contributed by atoms with van der Waals surface area (Å²) in [5.74, 6) is 0.102. The summed E-state index contributed by atoms with van der Waals surface area (Å²) in [6.45, 7) is 2.44. The van der Waals surface area contributed by atoms with Crippen molar-refractivity contribution in [3.05, 3.63) is 28.8 Å². The van der Waals surface area contributed by atoms with E-state index in [2.05, 4.69) is 0 Å². The van der Waals surface area contributed by atoms with E-state index in [1.54, 1.807) is 12.1 Å². The van der Waals surface area contributed by atoms with Crippen LogP contribution < -0.4 is 16.2 Å². The van der Waals surface area contributed by atoms with Crippen molar-refractivity contribution in [2.45, 2.75) is 19.4 Å². The second-order valence-electron chi connectivity index (χ2n) is 3.41. The predicted octanol–water partition coefficient (Wildman–Crippen LogP) is 1.09.